The largest absolute Gasteiger partial charge is 0.326 e. The van der Waals surface area contributed by atoms with Gasteiger partial charge in [0.05, 0.1) is 21.5 Å². The average molecular weight is 526 g/mol. The highest BCUT2D eigenvalue weighted by Crippen LogP contribution is 2.34. The molecule has 1 amide bonds. The average Bonchev–Trinajstić information content (AvgIpc) is 3.49. The first-order valence-electron chi connectivity index (χ1n) is 12.7. The van der Waals surface area contributed by atoms with Crippen LogP contribution in [0.5, 0.6) is 0 Å². The van der Waals surface area contributed by atoms with Gasteiger partial charge in [-0.2, -0.15) is 0 Å². The lowest BCUT2D eigenvalue weighted by molar-refractivity contribution is -0.116. The first-order chi connectivity index (χ1) is 18.2. The highest BCUT2D eigenvalue weighted by atomic mass is 32.2. The Balaban J connectivity index is 1.13. The van der Waals surface area contributed by atoms with Crippen molar-refractivity contribution in [1.82, 2.24) is 9.55 Å². The molecule has 0 radical (unpaired) electrons. The summed E-state index contributed by atoms with van der Waals surface area (Å²) in [5.74, 6) is 0.443. The Morgan fingerprint density at radius 1 is 0.973 bits per heavy atom. The molecule has 1 aliphatic rings. The first-order valence-corrected chi connectivity index (χ1v) is 14.5. The Kier molecular flexibility index (Phi) is 6.81. The summed E-state index contributed by atoms with van der Waals surface area (Å²) >= 11 is 3.05. The summed E-state index contributed by atoms with van der Waals surface area (Å²) < 4.78 is 3.81. The van der Waals surface area contributed by atoms with Crippen molar-refractivity contribution in [1.29, 1.82) is 0 Å². The maximum Gasteiger partial charge on any atom is 0.241 e. The van der Waals surface area contributed by atoms with Crippen molar-refractivity contribution in [3.05, 3.63) is 89.6 Å². The second kappa shape index (κ2) is 10.5. The number of rotatable bonds is 7. The van der Waals surface area contributed by atoms with E-state index in [1.807, 2.05) is 59.2 Å². The van der Waals surface area contributed by atoms with Crippen molar-refractivity contribution in [2.24, 2.45) is 0 Å². The number of aryl methyl sites for hydroxylation is 2. The molecule has 0 bridgehead atoms. The number of aromatic nitrogens is 2. The zero-order valence-corrected chi connectivity index (χ0v) is 22.0. The SMILES string of the molecule is O=C(CCc1ccccc1)Nc1ccc2nc(SCC(=O)n3c4c(c5ccccc53)CCCC4)sc2c1. The van der Waals surface area contributed by atoms with Gasteiger partial charge in [0, 0.05) is 23.2 Å². The van der Waals surface area contributed by atoms with Crippen molar-refractivity contribution in [2.75, 3.05) is 11.1 Å². The molecule has 0 fully saturated rings. The third-order valence-corrected chi connectivity index (χ3v) is 9.03. The summed E-state index contributed by atoms with van der Waals surface area (Å²) in [6.45, 7) is 0. The first kappa shape index (κ1) is 23.9. The molecule has 5 nitrogen and oxygen atoms in total. The smallest absolute Gasteiger partial charge is 0.241 e. The minimum absolute atomic E-state index is 0.00445. The second-order valence-electron chi connectivity index (χ2n) is 9.36. The Morgan fingerprint density at radius 3 is 2.68 bits per heavy atom. The number of thioether (sulfide) groups is 1. The van der Waals surface area contributed by atoms with Crippen LogP contribution in [0.25, 0.3) is 21.1 Å². The molecule has 6 rings (SSSR count). The topological polar surface area (TPSA) is 64.0 Å². The summed E-state index contributed by atoms with van der Waals surface area (Å²) in [5.41, 5.74) is 6.36. The molecule has 1 aliphatic carbocycles. The van der Waals surface area contributed by atoms with Crippen LogP contribution in [0.2, 0.25) is 0 Å². The molecule has 0 aliphatic heterocycles. The Bertz CT molecular complexity index is 1600. The van der Waals surface area contributed by atoms with Gasteiger partial charge < -0.3 is 5.32 Å². The number of carbonyl (C=O) groups is 2. The van der Waals surface area contributed by atoms with Crippen LogP contribution >= 0.6 is 23.1 Å². The number of carbonyl (C=O) groups excluding carboxylic acids is 2. The number of benzene rings is 3. The molecule has 0 unspecified atom stereocenters. The van der Waals surface area contributed by atoms with Crippen molar-refractivity contribution in [2.45, 2.75) is 42.9 Å². The van der Waals surface area contributed by atoms with E-state index in [0.29, 0.717) is 18.6 Å². The molecule has 1 N–H and O–H groups in total. The molecule has 186 valence electrons. The van der Waals surface area contributed by atoms with Crippen LogP contribution in [0.1, 0.15) is 40.9 Å². The van der Waals surface area contributed by atoms with Crippen LogP contribution in [-0.2, 0) is 24.1 Å². The predicted molar refractivity (Wildman–Crippen MR) is 153 cm³/mol. The third-order valence-electron chi connectivity index (χ3n) is 6.88. The molecule has 3 aromatic carbocycles. The number of nitrogens with zero attached hydrogens (tertiary/aromatic N) is 2. The highest BCUT2D eigenvalue weighted by molar-refractivity contribution is 8.01. The number of nitrogens with one attached hydrogen (secondary N) is 1. The van der Waals surface area contributed by atoms with Gasteiger partial charge in [-0.15, -0.1) is 11.3 Å². The van der Waals surface area contributed by atoms with E-state index in [9.17, 15) is 9.59 Å². The van der Waals surface area contributed by atoms with Gasteiger partial charge in [-0.05, 0) is 67.5 Å². The number of fused-ring (bicyclic) bond motifs is 4. The molecule has 5 aromatic rings. The van der Waals surface area contributed by atoms with Crippen molar-refractivity contribution < 1.29 is 9.59 Å². The number of amides is 1. The summed E-state index contributed by atoms with van der Waals surface area (Å²) in [4.78, 5) is 30.6. The fraction of sp³-hybridized carbons (Fsp3) is 0.233. The van der Waals surface area contributed by atoms with Gasteiger partial charge in [0.25, 0.3) is 0 Å². The van der Waals surface area contributed by atoms with E-state index in [1.54, 1.807) is 11.3 Å². The van der Waals surface area contributed by atoms with Crippen LogP contribution in [0, 0.1) is 0 Å². The third kappa shape index (κ3) is 5.06. The highest BCUT2D eigenvalue weighted by Gasteiger charge is 2.23. The van der Waals surface area contributed by atoms with Crippen LogP contribution < -0.4 is 5.32 Å². The quantitative estimate of drug-likeness (QED) is 0.230. The van der Waals surface area contributed by atoms with E-state index in [4.69, 9.17) is 4.98 Å². The van der Waals surface area contributed by atoms with Crippen LogP contribution in [0.3, 0.4) is 0 Å². The van der Waals surface area contributed by atoms with Gasteiger partial charge in [-0.3, -0.25) is 14.2 Å². The zero-order valence-electron chi connectivity index (χ0n) is 20.4. The number of thiazole rings is 1. The van der Waals surface area contributed by atoms with E-state index in [-0.39, 0.29) is 11.8 Å². The van der Waals surface area contributed by atoms with Gasteiger partial charge in [0.1, 0.15) is 0 Å². The molecule has 0 spiro atoms. The number of hydrogen-bond donors (Lipinski definition) is 1. The lowest BCUT2D eigenvalue weighted by atomic mass is 9.96. The summed E-state index contributed by atoms with van der Waals surface area (Å²) in [6, 6.07) is 24.1. The summed E-state index contributed by atoms with van der Waals surface area (Å²) in [5, 5.41) is 4.22. The van der Waals surface area contributed by atoms with E-state index < -0.39 is 0 Å². The molecular weight excluding hydrogens is 498 g/mol. The second-order valence-corrected chi connectivity index (χ2v) is 11.6. The van der Waals surface area contributed by atoms with Gasteiger partial charge in [0.2, 0.25) is 11.8 Å². The molecule has 7 heteroatoms. The van der Waals surface area contributed by atoms with E-state index in [0.717, 1.165) is 50.6 Å². The zero-order chi connectivity index (χ0) is 25.2. The minimum atomic E-state index is -0.00445. The summed E-state index contributed by atoms with van der Waals surface area (Å²) in [6.07, 6.45) is 5.47. The Hall–Kier alpha value is -3.42. The maximum atomic E-state index is 13.4. The molecule has 37 heavy (non-hydrogen) atoms. The normalized spacial score (nSPS) is 13.1. The number of hydrogen-bond acceptors (Lipinski definition) is 5. The molecule has 0 atom stereocenters. The molecular formula is C30H27N3O2S2. The number of anilines is 1. The maximum absolute atomic E-state index is 13.4. The monoisotopic (exact) mass is 525 g/mol. The standard InChI is InChI=1S/C30H27N3O2S2/c34-28(17-14-20-8-2-1-3-9-20)31-21-15-16-24-27(18-21)37-30(32-24)36-19-29(35)33-25-12-6-4-10-22(25)23-11-5-7-13-26(23)33/h1-4,6,8-10,12,15-16,18H,5,7,11,13-14,17,19H2,(H,31,34). The summed E-state index contributed by atoms with van der Waals surface area (Å²) in [7, 11) is 0. The fourth-order valence-electron chi connectivity index (χ4n) is 5.14. The Labute approximate surface area is 223 Å². The van der Waals surface area contributed by atoms with Crippen LogP contribution in [-0.4, -0.2) is 27.1 Å². The molecule has 0 saturated carbocycles. The lowest BCUT2D eigenvalue weighted by Gasteiger charge is -2.14. The van der Waals surface area contributed by atoms with E-state index in [2.05, 4.69) is 23.5 Å². The van der Waals surface area contributed by atoms with Gasteiger partial charge in [-0.25, -0.2) is 4.98 Å². The van der Waals surface area contributed by atoms with Crippen molar-refractivity contribution >= 4 is 61.7 Å². The molecule has 0 saturated heterocycles. The fourth-order valence-corrected chi connectivity index (χ4v) is 7.09. The van der Waals surface area contributed by atoms with Crippen molar-refractivity contribution in [3.63, 3.8) is 0 Å². The predicted octanol–water partition coefficient (Wildman–Crippen LogP) is 7.13. The van der Waals surface area contributed by atoms with Crippen molar-refractivity contribution in [3.8, 4) is 0 Å². The minimum Gasteiger partial charge on any atom is -0.326 e. The molecule has 2 heterocycles. The van der Waals surface area contributed by atoms with E-state index >= 15 is 0 Å². The lowest BCUT2D eigenvalue weighted by Crippen LogP contribution is -2.18. The van der Waals surface area contributed by atoms with Gasteiger partial charge in [0.15, 0.2) is 4.34 Å². The van der Waals surface area contributed by atoms with Gasteiger partial charge in [-0.1, -0.05) is 60.3 Å². The number of para-hydroxylation sites is 1. The Morgan fingerprint density at radius 2 is 1.78 bits per heavy atom. The van der Waals surface area contributed by atoms with Crippen LogP contribution in [0.15, 0.2) is 77.1 Å². The van der Waals surface area contributed by atoms with Crippen LogP contribution in [0.4, 0.5) is 5.69 Å². The molecule has 2 aromatic heterocycles. The van der Waals surface area contributed by atoms with E-state index in [1.165, 1.54) is 34.8 Å². The van der Waals surface area contributed by atoms with Gasteiger partial charge >= 0.3 is 0 Å².